The van der Waals surface area contributed by atoms with Crippen LogP contribution in [-0.4, -0.2) is 15.3 Å². The third-order valence-electron chi connectivity index (χ3n) is 3.68. The second-order valence-electron chi connectivity index (χ2n) is 5.08. The number of benzene rings is 1. The molecule has 0 amide bonds. The maximum absolute atomic E-state index is 13.1. The van der Waals surface area contributed by atoms with E-state index in [-0.39, 0.29) is 17.2 Å². The number of fused-ring (bicyclic) bond motifs is 1. The van der Waals surface area contributed by atoms with E-state index >= 15 is 0 Å². The lowest BCUT2D eigenvalue weighted by molar-refractivity contribution is -0.119. The minimum Gasteiger partial charge on any atom is -0.298 e. The molecule has 2 aromatic heterocycles. The summed E-state index contributed by atoms with van der Waals surface area (Å²) in [6.07, 6.45) is 1.40. The predicted octanol–water partition coefficient (Wildman–Crippen LogP) is 3.41. The number of carbonyl (C=O) groups is 1. The highest BCUT2D eigenvalue weighted by atomic mass is 32.1. The molecule has 6 heteroatoms. The number of Topliss-reactive ketones (excluding diaryl/α,β-unsaturated/α-hetero) is 1. The molecule has 1 aromatic carbocycles. The standard InChI is InChI=1S/C16H13FN2O2S/c1-9(10(2)20)19-8-18-15-14(16(19)21)13(7-22-15)11-3-5-12(17)6-4-11/h3-9H,1-2H3/t9-/m0/s1. The van der Waals surface area contributed by atoms with Crippen LogP contribution in [-0.2, 0) is 4.79 Å². The van der Waals surface area contributed by atoms with E-state index < -0.39 is 6.04 Å². The molecular weight excluding hydrogens is 303 g/mol. The van der Waals surface area contributed by atoms with Gasteiger partial charge in [-0.3, -0.25) is 14.2 Å². The van der Waals surface area contributed by atoms with E-state index in [0.29, 0.717) is 15.8 Å². The van der Waals surface area contributed by atoms with Gasteiger partial charge in [-0.25, -0.2) is 9.37 Å². The van der Waals surface area contributed by atoms with Crippen molar-refractivity contribution in [3.8, 4) is 11.1 Å². The molecule has 3 rings (SSSR count). The molecule has 0 aliphatic heterocycles. The van der Waals surface area contributed by atoms with Crippen LogP contribution in [0.1, 0.15) is 19.9 Å². The Morgan fingerprint density at radius 2 is 2.00 bits per heavy atom. The molecule has 0 radical (unpaired) electrons. The van der Waals surface area contributed by atoms with Crippen molar-refractivity contribution in [2.24, 2.45) is 0 Å². The first-order valence-corrected chi connectivity index (χ1v) is 7.61. The van der Waals surface area contributed by atoms with E-state index in [2.05, 4.69) is 4.98 Å². The number of halogens is 1. The maximum Gasteiger partial charge on any atom is 0.263 e. The van der Waals surface area contributed by atoms with Crippen LogP contribution in [0.15, 0.2) is 40.8 Å². The summed E-state index contributed by atoms with van der Waals surface area (Å²) in [5, 5.41) is 2.29. The topological polar surface area (TPSA) is 52.0 Å². The highest BCUT2D eigenvalue weighted by Gasteiger charge is 2.17. The van der Waals surface area contributed by atoms with Crippen LogP contribution in [0.4, 0.5) is 4.39 Å². The van der Waals surface area contributed by atoms with E-state index in [1.165, 1.54) is 41.3 Å². The molecule has 3 aromatic rings. The van der Waals surface area contributed by atoms with Crippen molar-refractivity contribution in [1.82, 2.24) is 9.55 Å². The molecule has 0 saturated heterocycles. The predicted molar refractivity (Wildman–Crippen MR) is 84.7 cm³/mol. The monoisotopic (exact) mass is 316 g/mol. The first-order chi connectivity index (χ1) is 10.5. The number of nitrogens with zero attached hydrogens (tertiary/aromatic N) is 2. The summed E-state index contributed by atoms with van der Waals surface area (Å²) in [6.45, 7) is 3.11. The molecular formula is C16H13FN2O2S. The Hall–Kier alpha value is -2.34. The van der Waals surface area contributed by atoms with Crippen molar-refractivity contribution in [2.45, 2.75) is 19.9 Å². The molecule has 22 heavy (non-hydrogen) atoms. The summed E-state index contributed by atoms with van der Waals surface area (Å²) in [4.78, 5) is 29.1. The smallest absolute Gasteiger partial charge is 0.263 e. The van der Waals surface area contributed by atoms with Gasteiger partial charge < -0.3 is 0 Å². The second-order valence-corrected chi connectivity index (χ2v) is 5.94. The van der Waals surface area contributed by atoms with Crippen LogP contribution in [0.5, 0.6) is 0 Å². The van der Waals surface area contributed by atoms with Gasteiger partial charge in [-0.15, -0.1) is 11.3 Å². The summed E-state index contributed by atoms with van der Waals surface area (Å²) in [7, 11) is 0. The van der Waals surface area contributed by atoms with E-state index in [1.807, 2.05) is 5.38 Å². The first kappa shape index (κ1) is 14.6. The fourth-order valence-corrected chi connectivity index (χ4v) is 3.17. The molecule has 0 spiro atoms. The maximum atomic E-state index is 13.1. The molecule has 0 saturated carbocycles. The molecule has 1 atom stereocenters. The van der Waals surface area contributed by atoms with Crippen LogP contribution in [0.2, 0.25) is 0 Å². The number of thiophene rings is 1. The van der Waals surface area contributed by atoms with Gasteiger partial charge in [-0.1, -0.05) is 12.1 Å². The number of rotatable bonds is 3. The summed E-state index contributed by atoms with van der Waals surface area (Å²) in [6, 6.07) is 5.40. The van der Waals surface area contributed by atoms with Gasteiger partial charge in [-0.2, -0.15) is 0 Å². The largest absolute Gasteiger partial charge is 0.298 e. The Bertz CT molecular complexity index is 912. The lowest BCUT2D eigenvalue weighted by Gasteiger charge is -2.11. The lowest BCUT2D eigenvalue weighted by atomic mass is 10.1. The van der Waals surface area contributed by atoms with Crippen molar-refractivity contribution in [1.29, 1.82) is 0 Å². The zero-order chi connectivity index (χ0) is 15.9. The van der Waals surface area contributed by atoms with Crippen molar-refractivity contribution in [3.63, 3.8) is 0 Å². The number of carbonyl (C=O) groups excluding carboxylic acids is 1. The summed E-state index contributed by atoms with van der Waals surface area (Å²) >= 11 is 1.35. The Labute approximate surface area is 129 Å². The molecule has 0 unspecified atom stereocenters. The summed E-state index contributed by atoms with van der Waals surface area (Å²) in [5.41, 5.74) is 1.20. The lowest BCUT2D eigenvalue weighted by Crippen LogP contribution is -2.27. The van der Waals surface area contributed by atoms with Crippen molar-refractivity contribution < 1.29 is 9.18 Å². The van der Waals surface area contributed by atoms with Crippen LogP contribution < -0.4 is 5.56 Å². The van der Waals surface area contributed by atoms with Gasteiger partial charge in [0.2, 0.25) is 0 Å². The number of hydrogen-bond acceptors (Lipinski definition) is 4. The molecule has 112 valence electrons. The Morgan fingerprint density at radius 3 is 2.64 bits per heavy atom. The third-order valence-corrected chi connectivity index (χ3v) is 4.57. The van der Waals surface area contributed by atoms with Gasteiger partial charge in [0, 0.05) is 10.9 Å². The van der Waals surface area contributed by atoms with Crippen LogP contribution in [0.25, 0.3) is 21.3 Å². The fourth-order valence-electron chi connectivity index (χ4n) is 2.26. The summed E-state index contributed by atoms with van der Waals surface area (Å²) in [5.74, 6) is -0.439. The van der Waals surface area contributed by atoms with Crippen LogP contribution >= 0.6 is 11.3 Å². The van der Waals surface area contributed by atoms with Crippen LogP contribution in [0, 0.1) is 5.82 Å². The van der Waals surface area contributed by atoms with Gasteiger partial charge in [0.25, 0.3) is 5.56 Å². The number of aromatic nitrogens is 2. The average molecular weight is 316 g/mol. The molecule has 2 heterocycles. The highest BCUT2D eigenvalue weighted by Crippen LogP contribution is 2.30. The molecule has 4 nitrogen and oxygen atoms in total. The fraction of sp³-hybridized carbons (Fsp3) is 0.188. The number of ketones is 1. The second kappa shape index (κ2) is 5.46. The molecule has 0 aliphatic carbocycles. The van der Waals surface area contributed by atoms with Gasteiger partial charge in [0.1, 0.15) is 10.6 Å². The third kappa shape index (κ3) is 2.35. The minimum absolute atomic E-state index is 0.109. The Balaban J connectivity index is 2.25. The van der Waals surface area contributed by atoms with E-state index in [1.54, 1.807) is 19.1 Å². The average Bonchev–Trinajstić information content (AvgIpc) is 2.92. The quantitative estimate of drug-likeness (QED) is 0.744. The molecule has 0 N–H and O–H groups in total. The van der Waals surface area contributed by atoms with Gasteiger partial charge in [0.15, 0.2) is 5.78 Å². The van der Waals surface area contributed by atoms with E-state index in [0.717, 1.165) is 5.56 Å². The molecule has 0 aliphatic rings. The van der Waals surface area contributed by atoms with E-state index in [4.69, 9.17) is 0 Å². The van der Waals surface area contributed by atoms with Gasteiger partial charge >= 0.3 is 0 Å². The van der Waals surface area contributed by atoms with Crippen molar-refractivity contribution in [3.05, 3.63) is 52.1 Å². The summed E-state index contributed by atoms with van der Waals surface area (Å²) < 4.78 is 14.4. The Kier molecular flexibility index (Phi) is 3.62. The molecule has 0 fully saturated rings. The highest BCUT2D eigenvalue weighted by molar-refractivity contribution is 7.17. The zero-order valence-corrected chi connectivity index (χ0v) is 12.9. The normalized spacial score (nSPS) is 12.5. The molecule has 0 bridgehead atoms. The first-order valence-electron chi connectivity index (χ1n) is 6.73. The van der Waals surface area contributed by atoms with Gasteiger partial charge in [0.05, 0.1) is 17.8 Å². The minimum atomic E-state index is -0.564. The van der Waals surface area contributed by atoms with Crippen LogP contribution in [0.3, 0.4) is 0 Å². The Morgan fingerprint density at radius 1 is 1.32 bits per heavy atom. The zero-order valence-electron chi connectivity index (χ0n) is 12.0. The van der Waals surface area contributed by atoms with Gasteiger partial charge in [-0.05, 0) is 31.5 Å². The van der Waals surface area contributed by atoms with Crippen molar-refractivity contribution >= 4 is 27.3 Å². The SMILES string of the molecule is CC(=O)[C@H](C)n1cnc2scc(-c3ccc(F)cc3)c2c1=O. The van der Waals surface area contributed by atoms with E-state index in [9.17, 15) is 14.0 Å². The number of hydrogen-bond donors (Lipinski definition) is 0. The van der Waals surface area contributed by atoms with Crippen molar-refractivity contribution in [2.75, 3.05) is 0 Å².